The van der Waals surface area contributed by atoms with Crippen molar-refractivity contribution in [3.8, 4) is 0 Å². The average molecular weight is 353 g/mol. The van der Waals surface area contributed by atoms with E-state index in [4.69, 9.17) is 0 Å². The van der Waals surface area contributed by atoms with Crippen LogP contribution in [-0.4, -0.2) is 0 Å². The van der Waals surface area contributed by atoms with Crippen molar-refractivity contribution < 1.29 is 22.4 Å². The summed E-state index contributed by atoms with van der Waals surface area (Å²) in [5.41, 5.74) is 0. The van der Waals surface area contributed by atoms with Crippen LogP contribution in [0.4, 0.5) is 0 Å². The van der Waals surface area contributed by atoms with Crippen molar-refractivity contribution in [1.82, 2.24) is 0 Å². The molecule has 1 radical (unpaired) electrons. The van der Waals surface area contributed by atoms with Crippen molar-refractivity contribution >= 4 is 0 Å². The molecule has 21 heavy (non-hydrogen) atoms. The topological polar surface area (TPSA) is 0 Å². The average Bonchev–Trinajstić information content (AvgIpc) is 3.40. The zero-order valence-corrected chi connectivity index (χ0v) is 14.4. The maximum Gasteiger partial charge on any atom is 0 e. The van der Waals surface area contributed by atoms with Crippen LogP contribution in [-0.2, 0) is 22.4 Å². The van der Waals surface area contributed by atoms with Crippen molar-refractivity contribution in [2.45, 2.75) is 25.7 Å². The van der Waals surface area contributed by atoms with Crippen LogP contribution in [0.5, 0.6) is 0 Å². The van der Waals surface area contributed by atoms with Crippen LogP contribution in [0.15, 0.2) is 72.9 Å². The van der Waals surface area contributed by atoms with Gasteiger partial charge in [0.25, 0.3) is 0 Å². The number of hydrogen-bond acceptors (Lipinski definition) is 0. The van der Waals surface area contributed by atoms with Crippen molar-refractivity contribution in [1.29, 1.82) is 0 Å². The molecule has 0 spiro atoms. The first-order valence-electron chi connectivity index (χ1n) is 6.87. The van der Waals surface area contributed by atoms with E-state index in [0.29, 0.717) is 0 Å². The molecule has 4 aliphatic rings. The van der Waals surface area contributed by atoms with Crippen molar-refractivity contribution in [2.75, 3.05) is 0 Å². The first-order chi connectivity index (χ1) is 10.0. The summed E-state index contributed by atoms with van der Waals surface area (Å²) in [4.78, 5) is 0. The fourth-order valence-corrected chi connectivity index (χ4v) is 1.36. The third-order valence-corrected chi connectivity index (χ3v) is 2.34. The van der Waals surface area contributed by atoms with Crippen LogP contribution in [0.3, 0.4) is 0 Å². The Balaban J connectivity index is 0.000000250. The minimum absolute atomic E-state index is 0. The SMILES string of the molecule is [C-]1=CC=CC1.[C-]1=CC=CC1.[C-]1=CC=CC1.[C-]1=CC=CC1.[Nb]. The summed E-state index contributed by atoms with van der Waals surface area (Å²) in [7, 11) is 0. The monoisotopic (exact) mass is 353 g/mol. The van der Waals surface area contributed by atoms with Gasteiger partial charge in [-0.3, -0.25) is 24.3 Å². The van der Waals surface area contributed by atoms with E-state index < -0.39 is 0 Å². The van der Waals surface area contributed by atoms with Crippen LogP contribution in [0.2, 0.25) is 0 Å². The summed E-state index contributed by atoms with van der Waals surface area (Å²) in [6, 6.07) is 0. The number of rotatable bonds is 0. The summed E-state index contributed by atoms with van der Waals surface area (Å²) in [6.45, 7) is 0. The Morgan fingerprint density at radius 1 is 0.429 bits per heavy atom. The Kier molecular flexibility index (Phi) is 15.6. The molecule has 4 rings (SSSR count). The number of hydrogen-bond donors (Lipinski definition) is 0. The molecule has 0 fully saturated rings. The molecule has 0 aromatic heterocycles. The van der Waals surface area contributed by atoms with E-state index in [2.05, 4.69) is 48.6 Å². The van der Waals surface area contributed by atoms with Gasteiger partial charge in [0.1, 0.15) is 0 Å². The molecule has 0 saturated carbocycles. The van der Waals surface area contributed by atoms with Gasteiger partial charge in [-0.15, -0.1) is 25.7 Å². The zero-order chi connectivity index (χ0) is 14.1. The van der Waals surface area contributed by atoms with E-state index in [1.807, 2.05) is 48.6 Å². The quantitative estimate of drug-likeness (QED) is 0.414. The van der Waals surface area contributed by atoms with Crippen LogP contribution in [0, 0.1) is 24.3 Å². The van der Waals surface area contributed by atoms with Gasteiger partial charge in [-0.25, -0.2) is 48.6 Å². The van der Waals surface area contributed by atoms with Gasteiger partial charge < -0.3 is 0 Å². The third kappa shape index (κ3) is 14.9. The Morgan fingerprint density at radius 2 is 0.667 bits per heavy atom. The first-order valence-corrected chi connectivity index (χ1v) is 6.87. The second-order valence-electron chi connectivity index (χ2n) is 4.01. The molecule has 0 unspecified atom stereocenters. The summed E-state index contributed by atoms with van der Waals surface area (Å²) in [5.74, 6) is 0. The molecule has 0 amide bonds. The molecule has 0 aliphatic heterocycles. The molecule has 1 heteroatoms. The minimum atomic E-state index is 0. The molecule has 0 aromatic carbocycles. The fourth-order valence-electron chi connectivity index (χ4n) is 1.36. The Bertz CT molecular complexity index is 326. The maximum absolute atomic E-state index is 2.99. The van der Waals surface area contributed by atoms with Crippen LogP contribution in [0.25, 0.3) is 0 Å². The van der Waals surface area contributed by atoms with Crippen molar-refractivity contribution in [3.63, 3.8) is 0 Å². The Labute approximate surface area is 145 Å². The zero-order valence-electron chi connectivity index (χ0n) is 12.2. The van der Waals surface area contributed by atoms with Crippen LogP contribution < -0.4 is 0 Å². The van der Waals surface area contributed by atoms with Gasteiger partial charge in [0.2, 0.25) is 0 Å². The molecule has 0 atom stereocenters. The molecule has 0 aromatic rings. The van der Waals surface area contributed by atoms with Crippen LogP contribution >= 0.6 is 0 Å². The van der Waals surface area contributed by atoms with Gasteiger partial charge in [0.05, 0.1) is 0 Å². The van der Waals surface area contributed by atoms with E-state index in [1.165, 1.54) is 0 Å². The Morgan fingerprint density at radius 3 is 0.714 bits per heavy atom. The van der Waals surface area contributed by atoms with Gasteiger partial charge in [0.15, 0.2) is 0 Å². The Hall–Kier alpha value is -1.34. The van der Waals surface area contributed by atoms with Gasteiger partial charge in [-0.2, -0.15) is 24.3 Å². The maximum atomic E-state index is 2.99. The molecule has 109 valence electrons. The standard InChI is InChI=1S/4C5H5.Nb/c4*1-2-4-5-3-1;/h4*1-3H,4H2;/q4*-1;. The molecule has 0 nitrogen and oxygen atoms in total. The van der Waals surface area contributed by atoms with E-state index in [9.17, 15) is 0 Å². The predicted molar refractivity (Wildman–Crippen MR) is 86.3 cm³/mol. The van der Waals surface area contributed by atoms with E-state index >= 15 is 0 Å². The molecule has 0 saturated heterocycles. The van der Waals surface area contributed by atoms with Gasteiger partial charge in [0, 0.05) is 22.4 Å². The normalized spacial score (nSPS) is 16.8. The second-order valence-corrected chi connectivity index (χ2v) is 4.01. The third-order valence-electron chi connectivity index (χ3n) is 2.34. The first kappa shape index (κ1) is 19.7. The largest absolute Gasteiger partial charge is 0.273 e. The van der Waals surface area contributed by atoms with Crippen molar-refractivity contribution in [3.05, 3.63) is 97.2 Å². The van der Waals surface area contributed by atoms with E-state index in [0.717, 1.165) is 25.7 Å². The summed E-state index contributed by atoms with van der Waals surface area (Å²) >= 11 is 0. The molecular weight excluding hydrogens is 333 g/mol. The summed E-state index contributed by atoms with van der Waals surface area (Å²) in [6.07, 6.45) is 40.0. The van der Waals surface area contributed by atoms with Gasteiger partial charge in [-0.1, -0.05) is 0 Å². The van der Waals surface area contributed by atoms with Crippen LogP contribution in [0.1, 0.15) is 25.7 Å². The van der Waals surface area contributed by atoms with Crippen molar-refractivity contribution in [2.24, 2.45) is 0 Å². The van der Waals surface area contributed by atoms with Gasteiger partial charge >= 0.3 is 0 Å². The van der Waals surface area contributed by atoms with E-state index in [-0.39, 0.29) is 22.4 Å². The fraction of sp³-hybridized carbons (Fsp3) is 0.200. The second kappa shape index (κ2) is 16.7. The molecule has 0 heterocycles. The molecular formula is C20H20Nb-4. The molecule has 0 bridgehead atoms. The smallest absolute Gasteiger partial charge is 0 e. The predicted octanol–water partition coefficient (Wildman–Crippen LogP) is 5.22. The molecule has 4 aliphatic carbocycles. The summed E-state index contributed by atoms with van der Waals surface area (Å²) < 4.78 is 0. The summed E-state index contributed by atoms with van der Waals surface area (Å²) in [5, 5.41) is 0. The van der Waals surface area contributed by atoms with E-state index in [1.54, 1.807) is 0 Å². The minimum Gasteiger partial charge on any atom is -0.273 e. The number of allylic oxidation sites excluding steroid dienone is 16. The molecule has 0 N–H and O–H groups in total. The van der Waals surface area contributed by atoms with Gasteiger partial charge in [-0.05, 0) is 0 Å².